The molecule has 1 aromatic rings. The van der Waals surface area contributed by atoms with E-state index in [0.29, 0.717) is 5.41 Å². The summed E-state index contributed by atoms with van der Waals surface area (Å²) in [4.78, 5) is 1.25. The number of nitrogens with zero attached hydrogens (tertiary/aromatic N) is 1. The summed E-state index contributed by atoms with van der Waals surface area (Å²) >= 11 is 1.66. The van der Waals surface area contributed by atoms with Crippen molar-refractivity contribution in [1.82, 2.24) is 5.32 Å². The molecular weight excluding hydrogens is 240 g/mol. The average molecular weight is 264 g/mol. The molecule has 0 saturated carbocycles. The molecule has 0 amide bonds. The summed E-state index contributed by atoms with van der Waals surface area (Å²) in [5.41, 5.74) is 1.14. The Morgan fingerprint density at radius 3 is 2.78 bits per heavy atom. The molecule has 1 heterocycles. The SMILES string of the molecule is CCCCCC(C)(C)CNCc1cc(C#N)cs1. The molecule has 0 aliphatic carbocycles. The van der Waals surface area contributed by atoms with E-state index in [1.165, 1.54) is 30.6 Å². The van der Waals surface area contributed by atoms with Gasteiger partial charge in [0.1, 0.15) is 6.07 Å². The van der Waals surface area contributed by atoms with E-state index in [-0.39, 0.29) is 0 Å². The summed E-state index contributed by atoms with van der Waals surface area (Å²) in [7, 11) is 0. The number of hydrogen-bond acceptors (Lipinski definition) is 3. The Morgan fingerprint density at radius 1 is 1.39 bits per heavy atom. The van der Waals surface area contributed by atoms with Gasteiger partial charge >= 0.3 is 0 Å². The first-order valence-corrected chi connectivity index (χ1v) is 7.63. The van der Waals surface area contributed by atoms with Crippen molar-refractivity contribution >= 4 is 11.3 Å². The molecule has 18 heavy (non-hydrogen) atoms. The van der Waals surface area contributed by atoms with Crippen LogP contribution < -0.4 is 5.32 Å². The minimum atomic E-state index is 0.366. The lowest BCUT2D eigenvalue weighted by atomic mass is 9.87. The number of unbranched alkanes of at least 4 members (excludes halogenated alkanes) is 2. The third kappa shape index (κ3) is 5.66. The van der Waals surface area contributed by atoms with Gasteiger partial charge in [-0.2, -0.15) is 5.26 Å². The van der Waals surface area contributed by atoms with Crippen molar-refractivity contribution < 1.29 is 0 Å². The highest BCUT2D eigenvalue weighted by Crippen LogP contribution is 2.23. The molecule has 0 aliphatic rings. The van der Waals surface area contributed by atoms with Gasteiger partial charge in [-0.3, -0.25) is 0 Å². The molecule has 1 aromatic heterocycles. The van der Waals surface area contributed by atoms with E-state index in [1.54, 1.807) is 11.3 Å². The minimum Gasteiger partial charge on any atom is -0.311 e. The molecule has 0 fully saturated rings. The Labute approximate surface area is 115 Å². The fraction of sp³-hybridized carbons (Fsp3) is 0.667. The van der Waals surface area contributed by atoms with E-state index in [4.69, 9.17) is 5.26 Å². The van der Waals surface area contributed by atoms with Crippen LogP contribution in [0.1, 0.15) is 56.9 Å². The van der Waals surface area contributed by atoms with E-state index in [1.807, 2.05) is 11.4 Å². The molecule has 100 valence electrons. The average Bonchev–Trinajstić information content (AvgIpc) is 2.77. The molecule has 1 rings (SSSR count). The van der Waals surface area contributed by atoms with Crippen molar-refractivity contribution in [2.75, 3.05) is 6.54 Å². The first kappa shape index (κ1) is 15.2. The second-order valence-corrected chi connectivity index (χ2v) is 6.63. The van der Waals surface area contributed by atoms with E-state index in [9.17, 15) is 0 Å². The molecule has 0 unspecified atom stereocenters. The predicted molar refractivity (Wildman–Crippen MR) is 78.7 cm³/mol. The zero-order valence-electron chi connectivity index (χ0n) is 11.8. The second kappa shape index (κ2) is 7.56. The molecule has 0 spiro atoms. The van der Waals surface area contributed by atoms with Crippen LogP contribution >= 0.6 is 11.3 Å². The normalized spacial score (nSPS) is 11.4. The van der Waals surface area contributed by atoms with Gasteiger partial charge in [0, 0.05) is 23.3 Å². The van der Waals surface area contributed by atoms with E-state index >= 15 is 0 Å². The maximum atomic E-state index is 8.76. The highest BCUT2D eigenvalue weighted by atomic mass is 32.1. The fourth-order valence-electron chi connectivity index (χ4n) is 2.00. The summed E-state index contributed by atoms with van der Waals surface area (Å²) in [6.45, 7) is 8.81. The Kier molecular flexibility index (Phi) is 6.38. The largest absolute Gasteiger partial charge is 0.311 e. The van der Waals surface area contributed by atoms with Gasteiger partial charge in [-0.05, 0) is 17.9 Å². The van der Waals surface area contributed by atoms with Gasteiger partial charge in [0.25, 0.3) is 0 Å². The molecule has 0 aromatic carbocycles. The Morgan fingerprint density at radius 2 is 2.17 bits per heavy atom. The number of thiophene rings is 1. The first-order valence-electron chi connectivity index (χ1n) is 6.75. The molecular formula is C15H24N2S. The van der Waals surface area contributed by atoms with Crippen LogP contribution in [-0.4, -0.2) is 6.54 Å². The Bertz CT molecular complexity index is 387. The smallest absolute Gasteiger partial charge is 0.100 e. The zero-order chi connectivity index (χ0) is 13.4. The van der Waals surface area contributed by atoms with Crippen LogP contribution in [0.5, 0.6) is 0 Å². The lowest BCUT2D eigenvalue weighted by Crippen LogP contribution is -2.28. The number of hydrogen-bond donors (Lipinski definition) is 1. The first-order chi connectivity index (χ1) is 8.57. The van der Waals surface area contributed by atoms with Crippen molar-refractivity contribution in [3.8, 4) is 6.07 Å². The zero-order valence-corrected chi connectivity index (χ0v) is 12.6. The van der Waals surface area contributed by atoms with Gasteiger partial charge in [0.15, 0.2) is 0 Å². The topological polar surface area (TPSA) is 35.8 Å². The third-order valence-electron chi connectivity index (χ3n) is 3.14. The maximum Gasteiger partial charge on any atom is 0.100 e. The molecule has 0 radical (unpaired) electrons. The maximum absolute atomic E-state index is 8.76. The van der Waals surface area contributed by atoms with Gasteiger partial charge in [0.05, 0.1) is 5.56 Å². The van der Waals surface area contributed by atoms with Crippen LogP contribution in [0, 0.1) is 16.7 Å². The van der Waals surface area contributed by atoms with Crippen LogP contribution in [0.15, 0.2) is 11.4 Å². The molecule has 0 atom stereocenters. The van der Waals surface area contributed by atoms with Crippen molar-refractivity contribution in [2.24, 2.45) is 5.41 Å². The lowest BCUT2D eigenvalue weighted by Gasteiger charge is -2.24. The molecule has 2 nitrogen and oxygen atoms in total. The molecule has 0 bridgehead atoms. The van der Waals surface area contributed by atoms with E-state index in [2.05, 4.69) is 32.2 Å². The second-order valence-electron chi connectivity index (χ2n) is 5.64. The third-order valence-corrected chi connectivity index (χ3v) is 4.08. The quantitative estimate of drug-likeness (QED) is 0.710. The van der Waals surface area contributed by atoms with Gasteiger partial charge in [-0.25, -0.2) is 0 Å². The molecule has 1 N–H and O–H groups in total. The molecule has 0 saturated heterocycles. The standard InChI is InChI=1S/C15H24N2S/c1-4-5-6-7-15(2,3)12-17-10-14-8-13(9-16)11-18-14/h8,11,17H,4-7,10,12H2,1-3H3. The van der Waals surface area contributed by atoms with E-state index in [0.717, 1.165) is 18.7 Å². The van der Waals surface area contributed by atoms with Crippen LogP contribution in [0.25, 0.3) is 0 Å². The summed E-state index contributed by atoms with van der Waals surface area (Å²) in [6.07, 6.45) is 5.22. The van der Waals surface area contributed by atoms with Crippen molar-refractivity contribution in [3.63, 3.8) is 0 Å². The van der Waals surface area contributed by atoms with Gasteiger partial charge in [-0.15, -0.1) is 11.3 Å². The van der Waals surface area contributed by atoms with E-state index < -0.39 is 0 Å². The predicted octanol–water partition coefficient (Wildman–Crippen LogP) is 4.32. The highest BCUT2D eigenvalue weighted by Gasteiger charge is 2.16. The molecule has 0 aliphatic heterocycles. The summed E-state index contributed by atoms with van der Waals surface area (Å²) in [5.74, 6) is 0. The van der Waals surface area contributed by atoms with Crippen molar-refractivity contribution in [1.29, 1.82) is 5.26 Å². The van der Waals surface area contributed by atoms with Crippen LogP contribution in [0.2, 0.25) is 0 Å². The lowest BCUT2D eigenvalue weighted by molar-refractivity contribution is 0.302. The Hall–Kier alpha value is -0.850. The summed E-state index contributed by atoms with van der Waals surface area (Å²) < 4.78 is 0. The van der Waals surface area contributed by atoms with Crippen LogP contribution in [-0.2, 0) is 6.54 Å². The number of nitrogens with one attached hydrogen (secondary N) is 1. The van der Waals surface area contributed by atoms with Gasteiger partial charge in [-0.1, -0.05) is 40.0 Å². The van der Waals surface area contributed by atoms with Crippen molar-refractivity contribution in [3.05, 3.63) is 21.9 Å². The monoisotopic (exact) mass is 264 g/mol. The van der Waals surface area contributed by atoms with Crippen LogP contribution in [0.3, 0.4) is 0 Å². The summed E-state index contributed by atoms with van der Waals surface area (Å²) in [6, 6.07) is 4.14. The molecule has 3 heteroatoms. The fourth-order valence-corrected chi connectivity index (χ4v) is 2.78. The Balaban J connectivity index is 2.25. The van der Waals surface area contributed by atoms with Gasteiger partial charge < -0.3 is 5.32 Å². The van der Waals surface area contributed by atoms with Crippen LogP contribution in [0.4, 0.5) is 0 Å². The number of nitriles is 1. The van der Waals surface area contributed by atoms with Crippen molar-refractivity contribution in [2.45, 2.75) is 53.0 Å². The number of rotatable bonds is 8. The summed E-state index contributed by atoms with van der Waals surface area (Å²) in [5, 5.41) is 14.2. The highest BCUT2D eigenvalue weighted by molar-refractivity contribution is 7.10. The minimum absolute atomic E-state index is 0.366. The van der Waals surface area contributed by atoms with Gasteiger partial charge in [0.2, 0.25) is 0 Å².